The molecule has 0 saturated heterocycles. The van der Waals surface area contributed by atoms with Crippen LogP contribution in [0.5, 0.6) is 0 Å². The number of benzene rings is 3. The van der Waals surface area contributed by atoms with E-state index in [0.29, 0.717) is 22.2 Å². The Morgan fingerprint density at radius 3 is 2.43 bits per heavy atom. The molecule has 2 aromatic heterocycles. The molecule has 0 aliphatic heterocycles. The summed E-state index contributed by atoms with van der Waals surface area (Å²) in [6.07, 6.45) is 0.288. The fourth-order valence-corrected chi connectivity index (χ4v) is 3.70. The van der Waals surface area contributed by atoms with Crippen LogP contribution in [0, 0.1) is 11.3 Å². The number of fused-ring (bicyclic) bond motifs is 3. The second kappa shape index (κ2) is 6.90. The molecular formula is C24H15N3O3. The van der Waals surface area contributed by atoms with E-state index >= 15 is 0 Å². The molecule has 0 bridgehead atoms. The lowest BCUT2D eigenvalue weighted by Gasteiger charge is -2.08. The minimum Gasteiger partial charge on any atom is -0.421 e. The molecule has 5 aromatic rings. The van der Waals surface area contributed by atoms with Crippen LogP contribution in [0.4, 0.5) is 0 Å². The number of nitrogens with zero attached hydrogens (tertiary/aromatic N) is 2. The van der Waals surface area contributed by atoms with Gasteiger partial charge in [-0.3, -0.25) is 9.55 Å². The summed E-state index contributed by atoms with van der Waals surface area (Å²) in [6, 6.07) is 24.6. The molecular weight excluding hydrogens is 378 g/mol. The van der Waals surface area contributed by atoms with Crippen molar-refractivity contribution in [3.05, 3.63) is 99.3 Å². The van der Waals surface area contributed by atoms with Crippen molar-refractivity contribution < 1.29 is 4.42 Å². The highest BCUT2D eigenvalue weighted by Crippen LogP contribution is 2.28. The Labute approximate surface area is 170 Å². The minimum atomic E-state index is -0.595. The second-order valence-electron chi connectivity index (χ2n) is 6.96. The first-order chi connectivity index (χ1) is 14.7. The third kappa shape index (κ3) is 2.81. The van der Waals surface area contributed by atoms with Gasteiger partial charge in [0.2, 0.25) is 0 Å². The molecule has 0 atom stereocenters. The number of hydrogen-bond donors (Lipinski definition) is 1. The normalized spacial score (nSPS) is 11.0. The van der Waals surface area contributed by atoms with E-state index < -0.39 is 11.3 Å². The summed E-state index contributed by atoms with van der Waals surface area (Å²) < 4.78 is 6.92. The molecule has 0 spiro atoms. The molecule has 2 heterocycles. The monoisotopic (exact) mass is 393 g/mol. The molecule has 144 valence electrons. The number of hydrogen-bond acceptors (Lipinski definition) is 4. The molecule has 0 aliphatic carbocycles. The Morgan fingerprint density at radius 2 is 1.70 bits per heavy atom. The van der Waals surface area contributed by atoms with Crippen LogP contribution in [0.2, 0.25) is 0 Å². The lowest BCUT2D eigenvalue weighted by Crippen LogP contribution is -2.14. The van der Waals surface area contributed by atoms with Crippen LogP contribution >= 0.6 is 0 Å². The summed E-state index contributed by atoms with van der Waals surface area (Å²) in [6.45, 7) is 0. The third-order valence-corrected chi connectivity index (χ3v) is 5.12. The van der Waals surface area contributed by atoms with Crippen molar-refractivity contribution in [2.24, 2.45) is 0 Å². The van der Waals surface area contributed by atoms with E-state index in [9.17, 15) is 9.59 Å². The number of nitrogens with one attached hydrogen (secondary N) is 1. The van der Waals surface area contributed by atoms with E-state index in [1.54, 1.807) is 30.3 Å². The molecule has 3 aromatic carbocycles. The van der Waals surface area contributed by atoms with Crippen molar-refractivity contribution in [1.82, 2.24) is 9.55 Å². The Bertz CT molecular complexity index is 1550. The number of rotatable bonds is 3. The average molecular weight is 393 g/mol. The van der Waals surface area contributed by atoms with Gasteiger partial charge < -0.3 is 4.42 Å². The van der Waals surface area contributed by atoms with Crippen molar-refractivity contribution in [2.75, 3.05) is 0 Å². The van der Waals surface area contributed by atoms with Gasteiger partial charge in [0.15, 0.2) is 5.52 Å². The van der Waals surface area contributed by atoms with Crippen LogP contribution in [0.1, 0.15) is 5.56 Å². The minimum absolute atomic E-state index is 0.124. The number of H-pyrrole nitrogens is 1. The van der Waals surface area contributed by atoms with Crippen LogP contribution in [-0.4, -0.2) is 9.55 Å². The molecule has 6 heteroatoms. The van der Waals surface area contributed by atoms with Gasteiger partial charge in [-0.1, -0.05) is 48.5 Å². The van der Waals surface area contributed by atoms with Gasteiger partial charge in [0.1, 0.15) is 5.58 Å². The summed E-state index contributed by atoms with van der Waals surface area (Å²) in [5.74, 6) is 0. The Kier molecular flexibility index (Phi) is 4.08. The zero-order chi connectivity index (χ0) is 20.7. The molecule has 0 amide bonds. The van der Waals surface area contributed by atoms with Gasteiger partial charge in [-0.15, -0.1) is 0 Å². The number of aromatic amines is 1. The number of nitriles is 1. The lowest BCUT2D eigenvalue weighted by atomic mass is 10.0. The standard InChI is InChI=1S/C24H15N3O3/c25-13-12-15-6-9-18(10-7-15)27-22-19-14-17(16-4-2-1-3-5-16)8-11-20(19)30-23(28)21(22)26-24(27)29/h1-11,14H,12H2,(H,26,29). The van der Waals surface area contributed by atoms with Gasteiger partial charge in [0.05, 0.1) is 23.7 Å². The topological polar surface area (TPSA) is 91.8 Å². The zero-order valence-corrected chi connectivity index (χ0v) is 15.8. The zero-order valence-electron chi connectivity index (χ0n) is 15.8. The van der Waals surface area contributed by atoms with E-state index in [2.05, 4.69) is 11.1 Å². The van der Waals surface area contributed by atoms with Gasteiger partial charge >= 0.3 is 11.3 Å². The van der Waals surface area contributed by atoms with E-state index in [4.69, 9.17) is 9.68 Å². The van der Waals surface area contributed by atoms with Crippen molar-refractivity contribution in [2.45, 2.75) is 6.42 Å². The predicted octanol–water partition coefficient (Wildman–Crippen LogP) is 4.16. The maximum absolute atomic E-state index is 12.8. The second-order valence-corrected chi connectivity index (χ2v) is 6.96. The fraction of sp³-hybridized carbons (Fsp3) is 0.0417. The summed E-state index contributed by atoms with van der Waals surface area (Å²) in [5, 5.41) is 9.53. The molecule has 0 fully saturated rings. The molecule has 0 aliphatic rings. The number of aromatic nitrogens is 2. The lowest BCUT2D eigenvalue weighted by molar-refractivity contribution is 0.568. The first-order valence-electron chi connectivity index (χ1n) is 9.39. The summed E-state index contributed by atoms with van der Waals surface area (Å²) in [5.41, 5.74) is 3.39. The highest BCUT2D eigenvalue weighted by Gasteiger charge is 2.17. The van der Waals surface area contributed by atoms with Crippen molar-refractivity contribution in [1.29, 1.82) is 5.26 Å². The molecule has 0 saturated carbocycles. The highest BCUT2D eigenvalue weighted by atomic mass is 16.4. The van der Waals surface area contributed by atoms with Crippen molar-refractivity contribution in [3.8, 4) is 22.9 Å². The van der Waals surface area contributed by atoms with Crippen LogP contribution in [-0.2, 0) is 6.42 Å². The Hall–Kier alpha value is -4.37. The van der Waals surface area contributed by atoms with Crippen molar-refractivity contribution in [3.63, 3.8) is 0 Å². The molecule has 0 radical (unpaired) electrons. The van der Waals surface area contributed by atoms with E-state index in [1.807, 2.05) is 42.5 Å². The first-order valence-corrected chi connectivity index (χ1v) is 9.39. The molecule has 6 nitrogen and oxygen atoms in total. The summed E-state index contributed by atoms with van der Waals surface area (Å²) in [7, 11) is 0. The van der Waals surface area contributed by atoms with Crippen LogP contribution in [0.3, 0.4) is 0 Å². The molecule has 0 unspecified atom stereocenters. The van der Waals surface area contributed by atoms with Crippen LogP contribution in [0.25, 0.3) is 38.8 Å². The van der Waals surface area contributed by atoms with Crippen LogP contribution < -0.4 is 11.3 Å². The molecule has 30 heavy (non-hydrogen) atoms. The fourth-order valence-electron chi connectivity index (χ4n) is 3.70. The summed E-state index contributed by atoms with van der Waals surface area (Å²) >= 11 is 0. The molecule has 1 N–H and O–H groups in total. The maximum atomic E-state index is 12.8. The average Bonchev–Trinajstić information content (AvgIpc) is 3.13. The van der Waals surface area contributed by atoms with Crippen molar-refractivity contribution >= 4 is 22.0 Å². The van der Waals surface area contributed by atoms with Crippen LogP contribution in [0.15, 0.2) is 86.8 Å². The van der Waals surface area contributed by atoms with Gasteiger partial charge in [0.25, 0.3) is 0 Å². The van der Waals surface area contributed by atoms with Gasteiger partial charge in [-0.25, -0.2) is 9.59 Å². The quantitative estimate of drug-likeness (QED) is 0.466. The Morgan fingerprint density at radius 1 is 0.933 bits per heavy atom. The molecule has 5 rings (SSSR count). The van der Waals surface area contributed by atoms with Gasteiger partial charge in [-0.2, -0.15) is 5.26 Å². The van der Waals surface area contributed by atoms with Gasteiger partial charge in [-0.05, 0) is 41.0 Å². The summed E-state index contributed by atoms with van der Waals surface area (Å²) in [4.78, 5) is 27.9. The SMILES string of the molecule is N#CCc1ccc(-n2c(=O)[nH]c3c(=O)oc4ccc(-c5ccccc5)cc4c32)cc1. The highest BCUT2D eigenvalue weighted by molar-refractivity contribution is 6.03. The smallest absolute Gasteiger partial charge is 0.362 e. The number of imidazole rings is 1. The van der Waals surface area contributed by atoms with E-state index in [-0.39, 0.29) is 11.9 Å². The first kappa shape index (κ1) is 17.7. The maximum Gasteiger partial charge on any atom is 0.362 e. The van der Waals surface area contributed by atoms with E-state index in [0.717, 1.165) is 16.7 Å². The predicted molar refractivity (Wildman–Crippen MR) is 115 cm³/mol. The van der Waals surface area contributed by atoms with E-state index in [1.165, 1.54) is 4.57 Å². The third-order valence-electron chi connectivity index (χ3n) is 5.12. The largest absolute Gasteiger partial charge is 0.421 e. The van der Waals surface area contributed by atoms with Gasteiger partial charge in [0, 0.05) is 5.39 Å². The Balaban J connectivity index is 1.83.